The maximum atomic E-state index is 12.4. The molecule has 1 aromatic carbocycles. The number of nitrogens with zero attached hydrogens (tertiary/aromatic N) is 5. The average Bonchev–Trinajstić information content (AvgIpc) is 3.57. The maximum Gasteiger partial charge on any atom is 0.573 e. The Hall–Kier alpha value is -3.93. The second kappa shape index (κ2) is 11.6. The zero-order valence-corrected chi connectivity index (χ0v) is 19.4. The van der Waals surface area contributed by atoms with Crippen LogP contribution in [0.5, 0.6) is 5.75 Å². The molecule has 1 amide bonds. The number of aromatic nitrogens is 5. The van der Waals surface area contributed by atoms with Gasteiger partial charge in [-0.15, -0.1) is 28.5 Å². The summed E-state index contributed by atoms with van der Waals surface area (Å²) >= 11 is 6.02. The predicted octanol–water partition coefficient (Wildman–Crippen LogP) is 2.67. The van der Waals surface area contributed by atoms with Crippen LogP contribution in [-0.2, 0) is 11.3 Å². The number of ether oxygens (including phenoxy) is 1. The van der Waals surface area contributed by atoms with Gasteiger partial charge in [0.05, 0.1) is 23.3 Å². The van der Waals surface area contributed by atoms with E-state index in [0.717, 1.165) is 12.1 Å². The van der Waals surface area contributed by atoms with Crippen LogP contribution >= 0.6 is 11.6 Å². The van der Waals surface area contributed by atoms with Gasteiger partial charge in [-0.05, 0) is 24.6 Å². The zero-order valence-electron chi connectivity index (χ0n) is 18.6. The van der Waals surface area contributed by atoms with Crippen LogP contribution in [0.3, 0.4) is 0 Å². The second-order valence-electron chi connectivity index (χ2n) is 7.54. The Labute approximate surface area is 212 Å². The molecule has 3 aromatic rings. The molecular weight excluding hydrogens is 556 g/mol. The quantitative estimate of drug-likeness (QED) is 0.376. The number of hydrogen-bond acceptors (Lipinski definition) is 9. The van der Waals surface area contributed by atoms with E-state index in [1.165, 1.54) is 6.07 Å². The number of carboxylic acids is 1. The van der Waals surface area contributed by atoms with E-state index < -0.39 is 30.2 Å². The maximum absolute atomic E-state index is 12.4. The second-order valence-corrected chi connectivity index (χ2v) is 7.95. The van der Waals surface area contributed by atoms with Gasteiger partial charge in [-0.3, -0.25) is 9.48 Å². The van der Waals surface area contributed by atoms with Crippen molar-refractivity contribution < 1.29 is 50.2 Å². The molecule has 2 atom stereocenters. The lowest BCUT2D eigenvalue weighted by Crippen LogP contribution is -2.36. The number of nitrogens with one attached hydrogen (secondary N) is 2. The molecule has 0 spiro atoms. The first-order chi connectivity index (χ1) is 17.7. The smallest absolute Gasteiger partial charge is 0.475 e. The third-order valence-corrected chi connectivity index (χ3v) is 5.03. The van der Waals surface area contributed by atoms with Gasteiger partial charge in [0, 0.05) is 24.8 Å². The van der Waals surface area contributed by atoms with Crippen molar-refractivity contribution in [2.24, 2.45) is 0 Å². The van der Waals surface area contributed by atoms with E-state index in [1.807, 2.05) is 0 Å². The van der Waals surface area contributed by atoms with Gasteiger partial charge in [0.25, 0.3) is 0 Å². The van der Waals surface area contributed by atoms with E-state index in [1.54, 1.807) is 17.1 Å². The summed E-state index contributed by atoms with van der Waals surface area (Å²) in [4.78, 5) is 21.3. The molecular formula is C19H16ClF6N7O5. The summed E-state index contributed by atoms with van der Waals surface area (Å²) in [5, 5.41) is 28.3. The van der Waals surface area contributed by atoms with Crippen molar-refractivity contribution in [1.82, 2.24) is 35.8 Å². The fraction of sp³-hybridized carbons (Fsp3) is 0.368. The highest BCUT2D eigenvalue weighted by Crippen LogP contribution is 2.33. The van der Waals surface area contributed by atoms with Crippen molar-refractivity contribution in [1.29, 1.82) is 0 Å². The minimum atomic E-state index is -5.08. The van der Waals surface area contributed by atoms with E-state index in [9.17, 15) is 31.1 Å². The van der Waals surface area contributed by atoms with E-state index in [-0.39, 0.29) is 34.5 Å². The van der Waals surface area contributed by atoms with Gasteiger partial charge in [0.2, 0.25) is 5.89 Å². The standard InChI is InChI=1S/C17H15ClF3N7O3.C2HF3O2/c18-13-2-1-11(31-17(19,20)21)6-12(13)15-25-26-16(30-15)14(29)24-9-5-10(22-7-9)8-28-4-3-23-27-28;3-2(4,5)1(6)7/h1-4,6,9-10,22H,5,7-8H2,(H,24,29);(H,6,7)/t9-,10+;/m1./s1. The first kappa shape index (κ1) is 28.6. The molecule has 2 aromatic heterocycles. The van der Waals surface area contributed by atoms with Crippen molar-refractivity contribution in [2.75, 3.05) is 6.54 Å². The number of carbonyl (C=O) groups is 2. The SMILES string of the molecule is O=C(N[C@H]1CN[C@H](Cn2ccnn2)C1)c1nnc(-c2cc(OC(F)(F)F)ccc2Cl)o1.O=C(O)C(F)(F)F. The summed E-state index contributed by atoms with van der Waals surface area (Å²) in [6.07, 6.45) is -5.98. The molecule has 0 bridgehead atoms. The van der Waals surface area contributed by atoms with Crippen LogP contribution in [0.15, 0.2) is 35.0 Å². The van der Waals surface area contributed by atoms with Crippen LogP contribution < -0.4 is 15.4 Å². The molecule has 12 nitrogen and oxygen atoms in total. The minimum absolute atomic E-state index is 0.00500. The number of hydrogen-bond donors (Lipinski definition) is 3. The van der Waals surface area contributed by atoms with E-state index >= 15 is 0 Å². The molecule has 0 saturated carbocycles. The molecule has 0 unspecified atom stereocenters. The molecule has 38 heavy (non-hydrogen) atoms. The topological polar surface area (TPSA) is 157 Å². The Morgan fingerprint density at radius 2 is 1.95 bits per heavy atom. The molecule has 1 aliphatic heterocycles. The molecule has 3 heterocycles. The van der Waals surface area contributed by atoms with Gasteiger partial charge in [-0.2, -0.15) is 13.2 Å². The number of benzene rings is 1. The Kier molecular flexibility index (Phi) is 8.77. The van der Waals surface area contributed by atoms with Gasteiger partial charge in [-0.1, -0.05) is 16.8 Å². The van der Waals surface area contributed by atoms with E-state index in [2.05, 4.69) is 35.9 Å². The van der Waals surface area contributed by atoms with Crippen LogP contribution in [0.4, 0.5) is 26.3 Å². The first-order valence-electron chi connectivity index (χ1n) is 10.3. The molecule has 4 rings (SSSR count). The van der Waals surface area contributed by atoms with Crippen molar-refractivity contribution in [2.45, 2.75) is 37.6 Å². The third kappa shape index (κ3) is 8.30. The monoisotopic (exact) mass is 571 g/mol. The van der Waals surface area contributed by atoms with Crippen LogP contribution in [0.2, 0.25) is 5.02 Å². The summed E-state index contributed by atoms with van der Waals surface area (Å²) in [7, 11) is 0. The summed E-state index contributed by atoms with van der Waals surface area (Å²) in [6.45, 7) is 1.14. The zero-order chi connectivity index (χ0) is 28.1. The van der Waals surface area contributed by atoms with Crippen molar-refractivity contribution in [3.8, 4) is 17.2 Å². The molecule has 19 heteroatoms. The molecule has 0 aliphatic carbocycles. The summed E-state index contributed by atoms with van der Waals surface area (Å²) in [5.74, 6) is -4.42. The molecule has 206 valence electrons. The van der Waals surface area contributed by atoms with Gasteiger partial charge >= 0.3 is 30.3 Å². The number of alkyl halides is 6. The van der Waals surface area contributed by atoms with Crippen molar-refractivity contribution in [3.05, 3.63) is 41.5 Å². The number of carboxylic acid groups (broad SMARTS) is 1. The van der Waals surface area contributed by atoms with Crippen LogP contribution in [0.25, 0.3) is 11.5 Å². The highest BCUT2D eigenvalue weighted by atomic mass is 35.5. The fourth-order valence-electron chi connectivity index (χ4n) is 3.16. The normalized spacial score (nSPS) is 17.4. The molecule has 1 saturated heterocycles. The largest absolute Gasteiger partial charge is 0.573 e. The van der Waals surface area contributed by atoms with Crippen LogP contribution in [0.1, 0.15) is 17.1 Å². The molecule has 1 fully saturated rings. The lowest BCUT2D eigenvalue weighted by Gasteiger charge is -2.11. The molecule has 3 N–H and O–H groups in total. The van der Waals surface area contributed by atoms with Crippen LogP contribution in [0, 0.1) is 0 Å². The van der Waals surface area contributed by atoms with E-state index in [4.69, 9.17) is 25.9 Å². The fourth-order valence-corrected chi connectivity index (χ4v) is 3.36. The number of halogens is 7. The lowest BCUT2D eigenvalue weighted by atomic mass is 10.1. The van der Waals surface area contributed by atoms with Crippen molar-refractivity contribution >= 4 is 23.5 Å². The highest BCUT2D eigenvalue weighted by molar-refractivity contribution is 6.33. The predicted molar refractivity (Wildman–Crippen MR) is 113 cm³/mol. The summed E-state index contributed by atoms with van der Waals surface area (Å²) in [5.41, 5.74) is 0.00500. The summed E-state index contributed by atoms with van der Waals surface area (Å²) < 4.78 is 79.9. The molecule has 0 radical (unpaired) electrons. The highest BCUT2D eigenvalue weighted by Gasteiger charge is 2.38. The van der Waals surface area contributed by atoms with Gasteiger partial charge < -0.3 is 24.9 Å². The molecule has 1 aliphatic rings. The Morgan fingerprint density at radius 3 is 2.55 bits per heavy atom. The summed E-state index contributed by atoms with van der Waals surface area (Å²) in [6, 6.07) is 3.16. The van der Waals surface area contributed by atoms with Gasteiger partial charge in [0.1, 0.15) is 5.75 Å². The van der Waals surface area contributed by atoms with Gasteiger partial charge in [-0.25, -0.2) is 4.79 Å². The van der Waals surface area contributed by atoms with Crippen molar-refractivity contribution in [3.63, 3.8) is 0 Å². The first-order valence-corrected chi connectivity index (χ1v) is 10.7. The number of aliphatic carboxylic acids is 1. The van der Waals surface area contributed by atoms with Gasteiger partial charge in [0.15, 0.2) is 0 Å². The lowest BCUT2D eigenvalue weighted by molar-refractivity contribution is -0.274. The Balaban J connectivity index is 0.000000505. The number of rotatable bonds is 6. The van der Waals surface area contributed by atoms with Crippen LogP contribution in [-0.4, -0.2) is 73.3 Å². The Bertz CT molecular complexity index is 1250. The number of carbonyl (C=O) groups excluding carboxylic acids is 1. The number of amides is 1. The minimum Gasteiger partial charge on any atom is -0.475 e. The Morgan fingerprint density at radius 1 is 1.24 bits per heavy atom. The average molecular weight is 572 g/mol. The van der Waals surface area contributed by atoms with E-state index in [0.29, 0.717) is 19.5 Å². The third-order valence-electron chi connectivity index (χ3n) is 4.70.